The molecular formula is C18H38O5. The summed E-state index contributed by atoms with van der Waals surface area (Å²) in [4.78, 5) is 10.3. The zero-order valence-electron chi connectivity index (χ0n) is 14.7. The summed E-state index contributed by atoms with van der Waals surface area (Å²) in [5, 5.41) is 8.50. The first-order valence-corrected chi connectivity index (χ1v) is 8.29. The molecule has 0 aromatic heterocycles. The van der Waals surface area contributed by atoms with Gasteiger partial charge in [0.25, 0.3) is 0 Å². The average molecular weight is 334 g/mol. The molecule has 0 aliphatic heterocycles. The van der Waals surface area contributed by atoms with Crippen LogP contribution in [0.2, 0.25) is 0 Å². The number of carboxylic acid groups (broad SMARTS) is 1. The van der Waals surface area contributed by atoms with Crippen molar-refractivity contribution in [3.05, 3.63) is 24.3 Å². The van der Waals surface area contributed by atoms with Gasteiger partial charge in [-0.1, -0.05) is 63.3 Å². The van der Waals surface area contributed by atoms with Crippen LogP contribution in [0.5, 0.6) is 0 Å². The molecule has 23 heavy (non-hydrogen) atoms. The monoisotopic (exact) mass is 334 g/mol. The third-order valence-corrected chi connectivity index (χ3v) is 3.34. The van der Waals surface area contributed by atoms with Crippen molar-refractivity contribution in [3.8, 4) is 0 Å². The minimum Gasteiger partial charge on any atom is -0.481 e. The summed E-state index contributed by atoms with van der Waals surface area (Å²) in [5.74, 6) is -0.671. The van der Waals surface area contributed by atoms with Gasteiger partial charge in [-0.3, -0.25) is 4.79 Å². The maximum Gasteiger partial charge on any atom is 0.303 e. The Hall–Kier alpha value is -1.17. The van der Waals surface area contributed by atoms with E-state index in [0.29, 0.717) is 6.42 Å². The fraction of sp³-hybridized carbons (Fsp3) is 0.722. The van der Waals surface area contributed by atoms with Crippen LogP contribution in [0.4, 0.5) is 0 Å². The molecular weight excluding hydrogens is 296 g/mol. The summed E-state index contributed by atoms with van der Waals surface area (Å²) in [6.45, 7) is 2.23. The minimum absolute atomic E-state index is 0. The van der Waals surface area contributed by atoms with Crippen LogP contribution in [-0.2, 0) is 4.79 Å². The molecule has 0 aromatic rings. The normalized spacial score (nSPS) is 10.1. The first kappa shape index (κ1) is 29.8. The summed E-state index contributed by atoms with van der Waals surface area (Å²) in [6, 6.07) is 0. The molecule has 0 unspecified atom stereocenters. The second kappa shape index (κ2) is 25.8. The number of hydrogen-bond donors (Lipinski definition) is 1. The zero-order chi connectivity index (χ0) is 14.9. The van der Waals surface area contributed by atoms with Crippen molar-refractivity contribution in [2.24, 2.45) is 0 Å². The van der Waals surface area contributed by atoms with Gasteiger partial charge in [0.2, 0.25) is 0 Å². The Bertz CT molecular complexity index is 275. The Morgan fingerprint density at radius 1 is 0.739 bits per heavy atom. The van der Waals surface area contributed by atoms with Crippen molar-refractivity contribution in [2.75, 3.05) is 0 Å². The highest BCUT2D eigenvalue weighted by molar-refractivity contribution is 5.66. The molecule has 0 bridgehead atoms. The van der Waals surface area contributed by atoms with Gasteiger partial charge >= 0.3 is 5.97 Å². The van der Waals surface area contributed by atoms with E-state index in [4.69, 9.17) is 5.11 Å². The van der Waals surface area contributed by atoms with E-state index in [0.717, 1.165) is 25.7 Å². The Morgan fingerprint density at radius 3 is 1.74 bits per heavy atom. The molecule has 5 heteroatoms. The first-order chi connectivity index (χ1) is 9.77. The third kappa shape index (κ3) is 29.5. The number of carboxylic acids is 1. The molecule has 0 fully saturated rings. The molecule has 5 nitrogen and oxygen atoms in total. The fourth-order valence-corrected chi connectivity index (χ4v) is 2.09. The van der Waals surface area contributed by atoms with Crippen molar-refractivity contribution >= 4 is 5.97 Å². The van der Waals surface area contributed by atoms with Crippen LogP contribution in [0, 0.1) is 0 Å². The smallest absolute Gasteiger partial charge is 0.303 e. The van der Waals surface area contributed by atoms with Gasteiger partial charge in [0.15, 0.2) is 0 Å². The maximum atomic E-state index is 10.3. The Balaban J connectivity index is -0.000000602. The fourth-order valence-electron chi connectivity index (χ4n) is 2.09. The molecule has 0 saturated carbocycles. The highest BCUT2D eigenvalue weighted by Gasteiger charge is 1.95. The molecule has 7 N–H and O–H groups in total. The number of allylic oxidation sites excluding steroid dienone is 4. The molecule has 0 amide bonds. The number of aliphatic carboxylic acids is 1. The molecule has 0 aromatic carbocycles. The molecule has 0 atom stereocenters. The highest BCUT2D eigenvalue weighted by atomic mass is 16.4. The van der Waals surface area contributed by atoms with Crippen LogP contribution in [0.15, 0.2) is 24.3 Å². The minimum atomic E-state index is -0.671. The van der Waals surface area contributed by atoms with Gasteiger partial charge in [-0.25, -0.2) is 0 Å². The molecule has 0 aliphatic rings. The van der Waals surface area contributed by atoms with Crippen molar-refractivity contribution in [1.82, 2.24) is 0 Å². The van der Waals surface area contributed by atoms with Crippen LogP contribution < -0.4 is 0 Å². The predicted molar refractivity (Wildman–Crippen MR) is 97.8 cm³/mol. The summed E-state index contributed by atoms with van der Waals surface area (Å²) < 4.78 is 0. The van der Waals surface area contributed by atoms with Gasteiger partial charge in [0.1, 0.15) is 0 Å². The first-order valence-electron chi connectivity index (χ1n) is 8.29. The topological polar surface area (TPSA) is 132 Å². The Morgan fingerprint density at radius 2 is 1.22 bits per heavy atom. The van der Waals surface area contributed by atoms with Crippen molar-refractivity contribution in [2.45, 2.75) is 84.0 Å². The van der Waals surface area contributed by atoms with Gasteiger partial charge in [0.05, 0.1) is 0 Å². The molecule has 0 spiro atoms. The largest absolute Gasteiger partial charge is 0.481 e. The summed E-state index contributed by atoms with van der Waals surface area (Å²) >= 11 is 0. The van der Waals surface area contributed by atoms with Gasteiger partial charge in [0, 0.05) is 6.42 Å². The van der Waals surface area contributed by atoms with Crippen LogP contribution in [-0.4, -0.2) is 27.5 Å². The van der Waals surface area contributed by atoms with E-state index in [-0.39, 0.29) is 16.4 Å². The quantitative estimate of drug-likeness (QED) is 0.385. The number of hydrogen-bond acceptors (Lipinski definition) is 1. The summed E-state index contributed by atoms with van der Waals surface area (Å²) in [5.41, 5.74) is 0. The lowest BCUT2D eigenvalue weighted by atomic mass is 10.1. The lowest BCUT2D eigenvalue weighted by Crippen LogP contribution is -1.93. The lowest BCUT2D eigenvalue weighted by Gasteiger charge is -1.98. The third-order valence-electron chi connectivity index (χ3n) is 3.34. The van der Waals surface area contributed by atoms with E-state index in [1.165, 1.54) is 44.9 Å². The number of unbranched alkanes of at least 4 members (excludes halogenated alkanes) is 8. The van der Waals surface area contributed by atoms with E-state index in [9.17, 15) is 4.79 Å². The van der Waals surface area contributed by atoms with Crippen molar-refractivity contribution < 1.29 is 26.3 Å². The van der Waals surface area contributed by atoms with Gasteiger partial charge in [-0.15, -0.1) is 0 Å². The van der Waals surface area contributed by atoms with E-state index in [2.05, 4.69) is 31.2 Å². The van der Waals surface area contributed by atoms with Crippen molar-refractivity contribution in [3.63, 3.8) is 0 Å². The molecule has 0 saturated heterocycles. The molecule has 0 heterocycles. The van der Waals surface area contributed by atoms with Crippen molar-refractivity contribution in [1.29, 1.82) is 0 Å². The molecule has 0 rings (SSSR count). The second-order valence-electron chi connectivity index (χ2n) is 5.37. The summed E-state index contributed by atoms with van der Waals surface area (Å²) in [7, 11) is 0. The van der Waals surface area contributed by atoms with E-state index >= 15 is 0 Å². The second-order valence-corrected chi connectivity index (χ2v) is 5.37. The lowest BCUT2D eigenvalue weighted by molar-refractivity contribution is -0.137. The highest BCUT2D eigenvalue weighted by Crippen LogP contribution is 2.08. The number of rotatable bonds is 14. The van der Waals surface area contributed by atoms with Crippen LogP contribution in [0.25, 0.3) is 0 Å². The molecule has 140 valence electrons. The number of carbonyl (C=O) groups is 1. The Kier molecular flexibility index (Phi) is 33.4. The van der Waals surface area contributed by atoms with Gasteiger partial charge in [-0.05, 0) is 38.5 Å². The van der Waals surface area contributed by atoms with E-state index < -0.39 is 5.97 Å². The average Bonchev–Trinajstić information content (AvgIpc) is 2.43. The molecule has 0 aliphatic carbocycles. The summed E-state index contributed by atoms with van der Waals surface area (Å²) in [6.07, 6.45) is 22.3. The predicted octanol–water partition coefficient (Wildman–Crippen LogP) is 3.41. The van der Waals surface area contributed by atoms with E-state index in [1.54, 1.807) is 0 Å². The Labute approximate surface area is 141 Å². The van der Waals surface area contributed by atoms with Gasteiger partial charge in [-0.2, -0.15) is 0 Å². The zero-order valence-corrected chi connectivity index (χ0v) is 14.7. The SMILES string of the molecule is CCCCC/C=C\C/C=C\CCCCCCCC(=O)O.O.O.O. The van der Waals surface area contributed by atoms with Crippen LogP contribution in [0.1, 0.15) is 84.0 Å². The van der Waals surface area contributed by atoms with Gasteiger partial charge < -0.3 is 21.5 Å². The maximum absolute atomic E-state index is 10.3. The van der Waals surface area contributed by atoms with E-state index in [1.807, 2.05) is 0 Å². The standard InChI is InChI=1S/C18H32O2.3H2O/c1-2-3-4-5-6-7-8-9-10-11-12-13-14-15-16-17-18(19)20;;;/h6-7,9-10H,2-5,8,11-17H2,1H3,(H,19,20);3*1H2/b7-6-,10-9-;;;. The molecule has 0 radical (unpaired) electrons. The van der Waals surface area contributed by atoms with Crippen LogP contribution in [0.3, 0.4) is 0 Å². The van der Waals surface area contributed by atoms with Crippen LogP contribution >= 0.6 is 0 Å².